The van der Waals surface area contributed by atoms with Crippen LogP contribution in [0, 0.1) is 5.92 Å². The second-order valence-electron chi connectivity index (χ2n) is 12.5. The topological polar surface area (TPSA) is 89.9 Å². The molecule has 6 nitrogen and oxygen atoms in total. The highest BCUT2D eigenvalue weighted by Gasteiger charge is 2.12. The number of aliphatic hydroxyl groups excluding tert-OH is 1. The van der Waals surface area contributed by atoms with Gasteiger partial charge in [-0.1, -0.05) is 140 Å². The molecule has 1 N–H and O–H groups in total. The molecule has 258 valence electrons. The number of rotatable bonds is 31. The summed E-state index contributed by atoms with van der Waals surface area (Å²) in [6.45, 7) is 6.36. The molecule has 45 heavy (non-hydrogen) atoms. The number of aliphatic hydroxyl groups is 1. The molecule has 0 aromatic carbocycles. The molecular weight excluding hydrogens is 564 g/mol. The van der Waals surface area contributed by atoms with E-state index in [1.54, 1.807) is 6.08 Å². The molecule has 0 aliphatic carbocycles. The predicted octanol–water partition coefficient (Wildman–Crippen LogP) is 10.1. The number of unbranched alkanes of at least 4 members (excludes halogenated alkanes) is 12. The summed E-state index contributed by atoms with van der Waals surface area (Å²) >= 11 is 0. The van der Waals surface area contributed by atoms with Gasteiger partial charge in [-0.3, -0.25) is 14.4 Å². The third-order valence-electron chi connectivity index (χ3n) is 7.47. The Morgan fingerprint density at radius 2 is 1.13 bits per heavy atom. The molecule has 0 saturated heterocycles. The molecule has 0 unspecified atom stereocenters. The van der Waals surface area contributed by atoms with Crippen LogP contribution in [-0.4, -0.2) is 42.1 Å². The van der Waals surface area contributed by atoms with Gasteiger partial charge < -0.3 is 14.6 Å². The van der Waals surface area contributed by atoms with Gasteiger partial charge >= 0.3 is 11.9 Å². The number of carbonyl (C=O) groups excluding carboxylic acids is 3. The summed E-state index contributed by atoms with van der Waals surface area (Å²) in [5.41, 5.74) is 0. The molecule has 0 aliphatic heterocycles. The molecule has 1 atom stereocenters. The first-order valence-electron chi connectivity index (χ1n) is 18.0. The minimum Gasteiger partial charge on any atom is -0.463 e. The number of hydrogen-bond donors (Lipinski definition) is 1. The number of esters is 2. The first-order chi connectivity index (χ1) is 21.8. The molecule has 0 aromatic rings. The number of carbonyl (C=O) groups is 3. The highest BCUT2D eigenvalue weighted by Crippen LogP contribution is 2.14. The van der Waals surface area contributed by atoms with Crippen molar-refractivity contribution in [3.63, 3.8) is 0 Å². The van der Waals surface area contributed by atoms with E-state index in [0.717, 1.165) is 44.4 Å². The lowest BCUT2D eigenvalue weighted by Gasteiger charge is -2.12. The Morgan fingerprint density at radius 3 is 1.73 bits per heavy atom. The van der Waals surface area contributed by atoms with E-state index in [1.807, 2.05) is 12.2 Å². The maximum Gasteiger partial charge on any atom is 0.305 e. The van der Waals surface area contributed by atoms with Crippen molar-refractivity contribution in [3.05, 3.63) is 48.6 Å². The molecule has 0 rings (SSSR count). The molecule has 0 saturated carbocycles. The van der Waals surface area contributed by atoms with Crippen molar-refractivity contribution in [2.75, 3.05) is 13.2 Å². The van der Waals surface area contributed by atoms with E-state index in [0.29, 0.717) is 12.8 Å². The summed E-state index contributed by atoms with van der Waals surface area (Å²) in [4.78, 5) is 35.8. The van der Waals surface area contributed by atoms with Gasteiger partial charge in [-0.15, -0.1) is 0 Å². The third kappa shape index (κ3) is 34.2. The second kappa shape index (κ2) is 32.9. The lowest BCUT2D eigenvalue weighted by atomic mass is 10.0. The predicted molar refractivity (Wildman–Crippen MR) is 187 cm³/mol. The van der Waals surface area contributed by atoms with E-state index in [4.69, 9.17) is 9.47 Å². The van der Waals surface area contributed by atoms with Gasteiger partial charge in [-0.05, 0) is 50.5 Å². The fraction of sp³-hybridized carbons (Fsp3) is 0.718. The van der Waals surface area contributed by atoms with Gasteiger partial charge in [0.1, 0.15) is 19.3 Å². The normalized spacial score (nSPS) is 12.7. The molecule has 0 aliphatic rings. The summed E-state index contributed by atoms with van der Waals surface area (Å²) in [6.07, 6.45) is 35.9. The number of ketones is 1. The Kier molecular flexibility index (Phi) is 31.1. The van der Waals surface area contributed by atoms with Crippen molar-refractivity contribution in [2.24, 2.45) is 5.92 Å². The van der Waals surface area contributed by atoms with E-state index in [1.165, 1.54) is 76.7 Å². The summed E-state index contributed by atoms with van der Waals surface area (Å²) in [7, 11) is 0. The minimum absolute atomic E-state index is 0.0500. The third-order valence-corrected chi connectivity index (χ3v) is 7.47. The van der Waals surface area contributed by atoms with Gasteiger partial charge in [0.25, 0.3) is 0 Å². The molecule has 6 heteroatoms. The van der Waals surface area contributed by atoms with Crippen molar-refractivity contribution < 1.29 is 29.0 Å². The van der Waals surface area contributed by atoms with Gasteiger partial charge in [0.2, 0.25) is 0 Å². The zero-order chi connectivity index (χ0) is 33.2. The Morgan fingerprint density at radius 1 is 0.600 bits per heavy atom. The van der Waals surface area contributed by atoms with Crippen molar-refractivity contribution in [3.8, 4) is 0 Å². The number of ether oxygens (including phenoxy) is 2. The van der Waals surface area contributed by atoms with Crippen molar-refractivity contribution >= 4 is 17.7 Å². The van der Waals surface area contributed by atoms with E-state index in [9.17, 15) is 19.5 Å². The van der Waals surface area contributed by atoms with Crippen LogP contribution in [0.3, 0.4) is 0 Å². The molecule has 0 aromatic heterocycles. The zero-order valence-corrected chi connectivity index (χ0v) is 29.0. The maximum absolute atomic E-state index is 12.0. The summed E-state index contributed by atoms with van der Waals surface area (Å²) in [5, 5.41) is 9.96. The standard InChI is InChI=1S/C39H66O6/c1-4-5-6-7-8-9-10-11-12-16-19-22-25-29-36(40)30-27-32-39(43)45-34-37(41)33-44-38(42)31-26-23-20-17-14-13-15-18-21-24-28-35(2)3/h8-9,11-12,19,22,25,29,35,37,41H,4-7,10,13-18,20-21,23-24,26-28,30-34H2,1-3H3/b9-8-,12-11-,22-19-,29-25+/t37-/m0/s1. The number of hydrogen-bond acceptors (Lipinski definition) is 6. The second-order valence-corrected chi connectivity index (χ2v) is 12.5. The zero-order valence-electron chi connectivity index (χ0n) is 29.0. The average molecular weight is 631 g/mol. The summed E-state index contributed by atoms with van der Waals surface area (Å²) in [6, 6.07) is 0. The van der Waals surface area contributed by atoms with Crippen LogP contribution in [0.5, 0.6) is 0 Å². The van der Waals surface area contributed by atoms with Gasteiger partial charge in [-0.2, -0.15) is 0 Å². The van der Waals surface area contributed by atoms with Crippen LogP contribution >= 0.6 is 0 Å². The van der Waals surface area contributed by atoms with E-state index >= 15 is 0 Å². The van der Waals surface area contributed by atoms with Crippen LogP contribution < -0.4 is 0 Å². The van der Waals surface area contributed by atoms with Gasteiger partial charge in [-0.25, -0.2) is 0 Å². The van der Waals surface area contributed by atoms with Crippen LogP contribution in [0.1, 0.15) is 156 Å². The van der Waals surface area contributed by atoms with Crippen LogP contribution in [0.4, 0.5) is 0 Å². The summed E-state index contributed by atoms with van der Waals surface area (Å²) < 4.78 is 10.2. The molecule has 0 spiro atoms. The summed E-state index contributed by atoms with van der Waals surface area (Å²) in [5.74, 6) is -0.0489. The molecule has 0 radical (unpaired) electrons. The van der Waals surface area contributed by atoms with Crippen LogP contribution in [0.2, 0.25) is 0 Å². The van der Waals surface area contributed by atoms with Crippen molar-refractivity contribution in [2.45, 2.75) is 162 Å². The highest BCUT2D eigenvalue weighted by molar-refractivity contribution is 5.90. The Balaban J connectivity index is 3.67. The van der Waals surface area contributed by atoms with Gasteiger partial charge in [0.05, 0.1) is 0 Å². The quantitative estimate of drug-likeness (QED) is 0.0269. The van der Waals surface area contributed by atoms with Gasteiger partial charge in [0.15, 0.2) is 5.78 Å². The fourth-order valence-corrected chi connectivity index (χ4v) is 4.69. The smallest absolute Gasteiger partial charge is 0.305 e. The molecular formula is C39H66O6. The SMILES string of the molecule is CCCCC/C=C\C/C=C\C/C=C\C=C\C(=O)CCCC(=O)OC[C@@H](O)COC(=O)CCCCCCCCCCCCC(C)C. The van der Waals surface area contributed by atoms with E-state index < -0.39 is 12.1 Å². The molecule has 0 amide bonds. The van der Waals surface area contributed by atoms with Crippen LogP contribution in [0.25, 0.3) is 0 Å². The van der Waals surface area contributed by atoms with E-state index in [-0.39, 0.29) is 37.8 Å². The molecule has 0 heterocycles. The minimum atomic E-state index is -1.05. The molecule has 0 fully saturated rings. The Labute approximate surface area is 275 Å². The lowest BCUT2D eigenvalue weighted by Crippen LogP contribution is -2.25. The largest absolute Gasteiger partial charge is 0.463 e. The van der Waals surface area contributed by atoms with Crippen molar-refractivity contribution in [1.29, 1.82) is 0 Å². The van der Waals surface area contributed by atoms with E-state index in [2.05, 4.69) is 45.1 Å². The Hall–Kier alpha value is -2.47. The van der Waals surface area contributed by atoms with Gasteiger partial charge in [0, 0.05) is 19.3 Å². The number of allylic oxidation sites excluding steroid dienone is 8. The maximum atomic E-state index is 12.0. The fourth-order valence-electron chi connectivity index (χ4n) is 4.69. The van der Waals surface area contributed by atoms with Crippen LogP contribution in [-0.2, 0) is 23.9 Å². The first kappa shape index (κ1) is 42.5. The van der Waals surface area contributed by atoms with Crippen molar-refractivity contribution in [1.82, 2.24) is 0 Å². The molecule has 0 bridgehead atoms. The highest BCUT2D eigenvalue weighted by atomic mass is 16.6. The lowest BCUT2D eigenvalue weighted by molar-refractivity contribution is -0.152. The average Bonchev–Trinajstić information content (AvgIpc) is 3.01. The monoisotopic (exact) mass is 630 g/mol. The first-order valence-corrected chi connectivity index (χ1v) is 18.0. The van der Waals surface area contributed by atoms with Crippen LogP contribution in [0.15, 0.2) is 48.6 Å². The Bertz CT molecular complexity index is 838.